The van der Waals surface area contributed by atoms with E-state index in [9.17, 15) is 13.2 Å². The fourth-order valence-corrected chi connectivity index (χ4v) is 2.09. The van der Waals surface area contributed by atoms with Gasteiger partial charge in [0.05, 0.1) is 18.0 Å². The molecule has 8 heteroatoms. The summed E-state index contributed by atoms with van der Waals surface area (Å²) in [5.41, 5.74) is -0.799. The summed E-state index contributed by atoms with van der Waals surface area (Å²) in [6, 6.07) is 1.28. The van der Waals surface area contributed by atoms with E-state index in [1.165, 1.54) is 24.7 Å². The number of aromatic nitrogens is 3. The lowest BCUT2D eigenvalue weighted by atomic mass is 10.3. The van der Waals surface area contributed by atoms with E-state index in [2.05, 4.69) is 15.0 Å². The molecule has 2 aromatic rings. The molecule has 0 N–H and O–H groups in total. The first kappa shape index (κ1) is 13.1. The SMILES string of the molecule is FC(F)(F)c1cnccc1Sc1cnc(Cl)cn1. The summed E-state index contributed by atoms with van der Waals surface area (Å²) in [7, 11) is 0. The van der Waals surface area contributed by atoms with Crippen LogP contribution in [-0.4, -0.2) is 15.0 Å². The Kier molecular flexibility index (Phi) is 3.72. The van der Waals surface area contributed by atoms with E-state index in [-0.39, 0.29) is 10.0 Å². The number of hydrogen-bond acceptors (Lipinski definition) is 4. The van der Waals surface area contributed by atoms with Crippen LogP contribution in [0.15, 0.2) is 40.8 Å². The average molecular weight is 292 g/mol. The highest BCUT2D eigenvalue weighted by molar-refractivity contribution is 7.99. The Hall–Kier alpha value is -1.34. The molecule has 0 aromatic carbocycles. The first-order valence-corrected chi connectivity index (χ1v) is 5.83. The minimum atomic E-state index is -4.45. The van der Waals surface area contributed by atoms with Crippen LogP contribution >= 0.6 is 23.4 Å². The zero-order chi connectivity index (χ0) is 13.2. The zero-order valence-corrected chi connectivity index (χ0v) is 10.2. The summed E-state index contributed by atoms with van der Waals surface area (Å²) < 4.78 is 38.1. The molecule has 0 fully saturated rings. The zero-order valence-electron chi connectivity index (χ0n) is 8.65. The van der Waals surface area contributed by atoms with Crippen LogP contribution in [0.25, 0.3) is 0 Å². The quantitative estimate of drug-likeness (QED) is 0.846. The van der Waals surface area contributed by atoms with Crippen molar-refractivity contribution < 1.29 is 13.2 Å². The molecule has 0 aliphatic heterocycles. The van der Waals surface area contributed by atoms with Crippen molar-refractivity contribution in [3.63, 3.8) is 0 Å². The van der Waals surface area contributed by atoms with Gasteiger partial charge in [-0.3, -0.25) is 4.98 Å². The number of rotatable bonds is 2. The number of halogens is 4. The molecule has 3 nitrogen and oxygen atoms in total. The van der Waals surface area contributed by atoms with E-state index in [1.54, 1.807) is 0 Å². The number of pyridine rings is 1. The number of nitrogens with zero attached hydrogens (tertiary/aromatic N) is 3. The molecule has 0 radical (unpaired) electrons. The second-order valence-electron chi connectivity index (χ2n) is 3.15. The monoisotopic (exact) mass is 291 g/mol. The second-order valence-corrected chi connectivity index (χ2v) is 4.60. The first-order valence-electron chi connectivity index (χ1n) is 4.63. The highest BCUT2D eigenvalue weighted by atomic mass is 35.5. The fourth-order valence-electron chi connectivity index (χ4n) is 1.15. The summed E-state index contributed by atoms with van der Waals surface area (Å²) in [4.78, 5) is 11.1. The van der Waals surface area contributed by atoms with Gasteiger partial charge < -0.3 is 0 Å². The van der Waals surface area contributed by atoms with Crippen molar-refractivity contribution in [3.05, 3.63) is 41.6 Å². The molecule has 0 unspecified atom stereocenters. The van der Waals surface area contributed by atoms with Crippen molar-refractivity contribution >= 4 is 23.4 Å². The molecule has 94 valence electrons. The van der Waals surface area contributed by atoms with Gasteiger partial charge in [-0.1, -0.05) is 23.4 Å². The van der Waals surface area contributed by atoms with Crippen molar-refractivity contribution in [1.82, 2.24) is 15.0 Å². The van der Waals surface area contributed by atoms with Crippen LogP contribution < -0.4 is 0 Å². The van der Waals surface area contributed by atoms with E-state index in [4.69, 9.17) is 11.6 Å². The van der Waals surface area contributed by atoms with Gasteiger partial charge in [0.15, 0.2) is 0 Å². The van der Waals surface area contributed by atoms with Crippen molar-refractivity contribution in [1.29, 1.82) is 0 Å². The maximum atomic E-state index is 12.7. The average Bonchev–Trinajstić information content (AvgIpc) is 2.31. The standard InChI is InChI=1S/C10H5ClF3N3S/c11-8-4-17-9(5-16-8)18-7-1-2-15-3-6(7)10(12,13)14/h1-5H. The predicted molar refractivity (Wildman–Crippen MR) is 60.4 cm³/mol. The third-order valence-corrected chi connectivity index (χ3v) is 3.09. The molecule has 0 aliphatic rings. The lowest BCUT2D eigenvalue weighted by Gasteiger charge is -2.10. The van der Waals surface area contributed by atoms with Gasteiger partial charge in [0, 0.05) is 17.3 Å². The maximum Gasteiger partial charge on any atom is 0.418 e. The molecular weight excluding hydrogens is 287 g/mol. The molecule has 0 atom stereocenters. The molecule has 2 rings (SSSR count). The summed E-state index contributed by atoms with van der Waals surface area (Å²) in [6.45, 7) is 0. The van der Waals surface area contributed by atoms with Crippen molar-refractivity contribution in [2.75, 3.05) is 0 Å². The Morgan fingerprint density at radius 2 is 1.89 bits per heavy atom. The van der Waals surface area contributed by atoms with E-state index < -0.39 is 11.7 Å². The molecule has 2 aromatic heterocycles. The van der Waals surface area contributed by atoms with Gasteiger partial charge in [0.1, 0.15) is 10.2 Å². The molecule has 0 saturated heterocycles. The molecule has 0 aliphatic carbocycles. The predicted octanol–water partition coefficient (Wildman–Crippen LogP) is 3.70. The Labute approximate surface area is 109 Å². The van der Waals surface area contributed by atoms with Crippen LogP contribution in [-0.2, 0) is 6.18 Å². The second kappa shape index (κ2) is 5.11. The molecular formula is C10H5ClF3N3S. The molecule has 2 heterocycles. The van der Waals surface area contributed by atoms with E-state index in [0.29, 0.717) is 5.03 Å². The minimum Gasteiger partial charge on any atom is -0.264 e. The maximum absolute atomic E-state index is 12.7. The highest BCUT2D eigenvalue weighted by Gasteiger charge is 2.34. The smallest absolute Gasteiger partial charge is 0.264 e. The lowest BCUT2D eigenvalue weighted by Crippen LogP contribution is -2.07. The molecule has 0 saturated carbocycles. The normalized spacial score (nSPS) is 11.6. The van der Waals surface area contributed by atoms with Gasteiger partial charge in [0.25, 0.3) is 0 Å². The summed E-state index contributed by atoms with van der Waals surface area (Å²) in [5.74, 6) is 0. The van der Waals surface area contributed by atoms with Crippen LogP contribution in [0, 0.1) is 0 Å². The Bertz CT molecular complexity index is 545. The minimum absolute atomic E-state index is 0.0223. The molecule has 0 amide bonds. The van der Waals surface area contributed by atoms with Gasteiger partial charge in [-0.2, -0.15) is 13.2 Å². The highest BCUT2D eigenvalue weighted by Crippen LogP contribution is 2.38. The van der Waals surface area contributed by atoms with Crippen molar-refractivity contribution in [2.24, 2.45) is 0 Å². The van der Waals surface area contributed by atoms with Crippen LogP contribution in [0.2, 0.25) is 5.15 Å². The molecule has 0 bridgehead atoms. The summed E-state index contributed by atoms with van der Waals surface area (Å²) in [6.07, 6.45) is 0.217. The van der Waals surface area contributed by atoms with Gasteiger partial charge in [-0.15, -0.1) is 0 Å². The van der Waals surface area contributed by atoms with Crippen LogP contribution in [0.1, 0.15) is 5.56 Å². The third kappa shape index (κ3) is 3.11. The van der Waals surface area contributed by atoms with E-state index in [0.717, 1.165) is 18.0 Å². The molecule has 0 spiro atoms. The van der Waals surface area contributed by atoms with Crippen LogP contribution in [0.3, 0.4) is 0 Å². The molecule has 18 heavy (non-hydrogen) atoms. The Morgan fingerprint density at radius 3 is 2.50 bits per heavy atom. The summed E-state index contributed by atoms with van der Waals surface area (Å²) in [5, 5.41) is 0.515. The van der Waals surface area contributed by atoms with E-state index >= 15 is 0 Å². The lowest BCUT2D eigenvalue weighted by molar-refractivity contribution is -0.140. The number of hydrogen-bond donors (Lipinski definition) is 0. The van der Waals surface area contributed by atoms with Gasteiger partial charge in [0.2, 0.25) is 0 Å². The van der Waals surface area contributed by atoms with Gasteiger partial charge in [-0.05, 0) is 6.07 Å². The Balaban J connectivity index is 2.32. The fraction of sp³-hybridized carbons (Fsp3) is 0.100. The first-order chi connectivity index (χ1) is 8.47. The van der Waals surface area contributed by atoms with Gasteiger partial charge in [-0.25, -0.2) is 9.97 Å². The number of alkyl halides is 3. The topological polar surface area (TPSA) is 38.7 Å². The third-order valence-electron chi connectivity index (χ3n) is 1.90. The largest absolute Gasteiger partial charge is 0.418 e. The van der Waals surface area contributed by atoms with Crippen molar-refractivity contribution in [2.45, 2.75) is 16.1 Å². The Morgan fingerprint density at radius 1 is 1.11 bits per heavy atom. The van der Waals surface area contributed by atoms with Crippen LogP contribution in [0.4, 0.5) is 13.2 Å². The summed E-state index contributed by atoms with van der Waals surface area (Å²) >= 11 is 6.40. The van der Waals surface area contributed by atoms with Crippen molar-refractivity contribution in [3.8, 4) is 0 Å². The van der Waals surface area contributed by atoms with E-state index in [1.807, 2.05) is 0 Å². The van der Waals surface area contributed by atoms with Crippen LogP contribution in [0.5, 0.6) is 0 Å². The van der Waals surface area contributed by atoms with Gasteiger partial charge >= 0.3 is 6.18 Å².